The number of allylic oxidation sites excluding steroid dienone is 7. The zero-order valence-corrected chi connectivity index (χ0v) is 14.9. The highest BCUT2D eigenvalue weighted by Gasteiger charge is 2.14. The molecular formula is C20H34O. The Morgan fingerprint density at radius 1 is 0.905 bits per heavy atom. The van der Waals surface area contributed by atoms with Gasteiger partial charge in [-0.15, -0.1) is 0 Å². The lowest BCUT2D eigenvalue weighted by Crippen LogP contribution is -2.19. The Morgan fingerprint density at radius 3 is 2.05 bits per heavy atom. The van der Waals surface area contributed by atoms with E-state index in [1.807, 2.05) is 13.0 Å². The third-order valence-corrected chi connectivity index (χ3v) is 3.37. The van der Waals surface area contributed by atoms with Gasteiger partial charge in [-0.2, -0.15) is 0 Å². The van der Waals surface area contributed by atoms with E-state index in [0.717, 1.165) is 32.1 Å². The molecule has 0 radical (unpaired) electrons. The zero-order valence-electron chi connectivity index (χ0n) is 14.9. The fourth-order valence-corrected chi connectivity index (χ4v) is 2.02. The molecule has 0 fully saturated rings. The molecule has 0 amide bonds. The Labute approximate surface area is 132 Å². The van der Waals surface area contributed by atoms with E-state index in [1.165, 1.54) is 16.7 Å². The van der Waals surface area contributed by atoms with Crippen molar-refractivity contribution in [1.82, 2.24) is 0 Å². The third kappa shape index (κ3) is 13.7. The number of aliphatic hydroxyl groups is 1. The minimum Gasteiger partial charge on any atom is -0.386 e. The van der Waals surface area contributed by atoms with Crippen molar-refractivity contribution < 1.29 is 5.11 Å². The number of rotatable bonds is 9. The second kappa shape index (κ2) is 10.6. The summed E-state index contributed by atoms with van der Waals surface area (Å²) in [4.78, 5) is 0. The first-order valence-electron chi connectivity index (χ1n) is 8.05. The Hall–Kier alpha value is -1.08. The summed E-state index contributed by atoms with van der Waals surface area (Å²) in [6, 6.07) is 0. The molecule has 0 aromatic rings. The summed E-state index contributed by atoms with van der Waals surface area (Å²) in [5.74, 6) is 0. The van der Waals surface area contributed by atoms with Gasteiger partial charge in [0.2, 0.25) is 0 Å². The van der Waals surface area contributed by atoms with Gasteiger partial charge in [-0.1, -0.05) is 47.1 Å². The van der Waals surface area contributed by atoms with Gasteiger partial charge >= 0.3 is 0 Å². The second-order valence-electron chi connectivity index (χ2n) is 6.69. The molecule has 0 aliphatic heterocycles. The van der Waals surface area contributed by atoms with Crippen molar-refractivity contribution in [3.63, 3.8) is 0 Å². The SMILES string of the molecule is CC(C)=CCC/C(C)=C/C/C=C/C(C)(O)CCC=C(C)C. The van der Waals surface area contributed by atoms with Crippen LogP contribution in [0.4, 0.5) is 0 Å². The number of hydrogen-bond acceptors (Lipinski definition) is 1. The van der Waals surface area contributed by atoms with Crippen LogP contribution in [0.15, 0.2) is 47.1 Å². The van der Waals surface area contributed by atoms with Crippen LogP contribution in [0.3, 0.4) is 0 Å². The maximum atomic E-state index is 10.3. The molecule has 0 rings (SSSR count). The molecule has 120 valence electrons. The Bertz CT molecular complexity index is 398. The molecule has 1 nitrogen and oxygen atoms in total. The van der Waals surface area contributed by atoms with Crippen molar-refractivity contribution in [2.45, 2.75) is 79.2 Å². The van der Waals surface area contributed by atoms with Gasteiger partial charge in [-0.05, 0) is 73.6 Å². The average molecular weight is 290 g/mol. The predicted octanol–water partition coefficient (Wildman–Crippen LogP) is 6.12. The van der Waals surface area contributed by atoms with Crippen LogP contribution in [0.25, 0.3) is 0 Å². The summed E-state index contributed by atoms with van der Waals surface area (Å²) in [5, 5.41) is 10.3. The first-order chi connectivity index (χ1) is 9.73. The van der Waals surface area contributed by atoms with E-state index in [0.29, 0.717) is 0 Å². The van der Waals surface area contributed by atoms with Gasteiger partial charge in [0.05, 0.1) is 5.60 Å². The van der Waals surface area contributed by atoms with Crippen molar-refractivity contribution in [3.05, 3.63) is 47.1 Å². The molecule has 0 spiro atoms. The molecule has 1 N–H and O–H groups in total. The first-order valence-corrected chi connectivity index (χ1v) is 8.05. The fraction of sp³-hybridized carbons (Fsp3) is 0.600. The Balaban J connectivity index is 4.12. The smallest absolute Gasteiger partial charge is 0.0802 e. The lowest BCUT2D eigenvalue weighted by Gasteiger charge is -2.17. The van der Waals surface area contributed by atoms with Gasteiger partial charge in [-0.25, -0.2) is 0 Å². The van der Waals surface area contributed by atoms with Gasteiger partial charge in [0.25, 0.3) is 0 Å². The van der Waals surface area contributed by atoms with Crippen LogP contribution in [-0.4, -0.2) is 10.7 Å². The summed E-state index contributed by atoms with van der Waals surface area (Å²) in [5.41, 5.74) is 3.41. The van der Waals surface area contributed by atoms with E-state index in [9.17, 15) is 5.11 Å². The Kier molecular flexibility index (Phi) is 10.1. The quantitative estimate of drug-likeness (QED) is 0.507. The topological polar surface area (TPSA) is 20.2 Å². The fourth-order valence-electron chi connectivity index (χ4n) is 2.02. The highest BCUT2D eigenvalue weighted by Crippen LogP contribution is 2.16. The molecule has 0 aliphatic carbocycles. The first kappa shape index (κ1) is 19.9. The standard InChI is InChI=1S/C20H34O/c1-17(2)11-9-14-19(5)13-7-8-15-20(6,21)16-10-12-18(3)4/h8,11-13,15,21H,7,9-10,14,16H2,1-6H3/b15-8+,19-13+. The largest absolute Gasteiger partial charge is 0.386 e. The normalized spacial score (nSPS) is 14.9. The third-order valence-electron chi connectivity index (χ3n) is 3.37. The van der Waals surface area contributed by atoms with E-state index >= 15 is 0 Å². The van der Waals surface area contributed by atoms with E-state index in [1.54, 1.807) is 0 Å². The van der Waals surface area contributed by atoms with Crippen LogP contribution in [0.1, 0.15) is 73.6 Å². The molecule has 0 aromatic heterocycles. The van der Waals surface area contributed by atoms with E-state index in [4.69, 9.17) is 0 Å². The molecule has 0 heterocycles. The van der Waals surface area contributed by atoms with Crippen LogP contribution in [0, 0.1) is 0 Å². The zero-order chi connectivity index (χ0) is 16.3. The Morgan fingerprint density at radius 2 is 1.48 bits per heavy atom. The minimum absolute atomic E-state index is 0.699. The highest BCUT2D eigenvalue weighted by molar-refractivity contribution is 5.07. The summed E-state index contributed by atoms with van der Waals surface area (Å²) in [6.45, 7) is 12.5. The summed E-state index contributed by atoms with van der Waals surface area (Å²) in [6.07, 6.45) is 15.6. The lowest BCUT2D eigenvalue weighted by atomic mass is 9.98. The second-order valence-corrected chi connectivity index (χ2v) is 6.69. The molecule has 1 atom stereocenters. The maximum Gasteiger partial charge on any atom is 0.0802 e. The van der Waals surface area contributed by atoms with E-state index in [-0.39, 0.29) is 0 Å². The molecular weight excluding hydrogens is 256 g/mol. The van der Waals surface area contributed by atoms with Crippen LogP contribution in [0.2, 0.25) is 0 Å². The average Bonchev–Trinajstić information content (AvgIpc) is 2.33. The maximum absolute atomic E-state index is 10.3. The molecule has 0 bridgehead atoms. The lowest BCUT2D eigenvalue weighted by molar-refractivity contribution is 0.103. The van der Waals surface area contributed by atoms with Gasteiger partial charge in [0.1, 0.15) is 0 Å². The van der Waals surface area contributed by atoms with Crippen molar-refractivity contribution in [2.24, 2.45) is 0 Å². The predicted molar refractivity (Wildman–Crippen MR) is 95.5 cm³/mol. The van der Waals surface area contributed by atoms with Gasteiger partial charge < -0.3 is 5.11 Å². The molecule has 1 heteroatoms. The monoisotopic (exact) mass is 290 g/mol. The summed E-state index contributed by atoms with van der Waals surface area (Å²) < 4.78 is 0. The van der Waals surface area contributed by atoms with Crippen LogP contribution in [0.5, 0.6) is 0 Å². The molecule has 21 heavy (non-hydrogen) atoms. The molecule has 0 aromatic carbocycles. The van der Waals surface area contributed by atoms with E-state index < -0.39 is 5.60 Å². The van der Waals surface area contributed by atoms with Crippen LogP contribution < -0.4 is 0 Å². The van der Waals surface area contributed by atoms with Crippen LogP contribution >= 0.6 is 0 Å². The molecule has 0 saturated carbocycles. The van der Waals surface area contributed by atoms with Gasteiger partial charge in [0.15, 0.2) is 0 Å². The van der Waals surface area contributed by atoms with Crippen molar-refractivity contribution >= 4 is 0 Å². The van der Waals surface area contributed by atoms with Gasteiger partial charge in [0, 0.05) is 0 Å². The minimum atomic E-state index is -0.699. The van der Waals surface area contributed by atoms with Crippen molar-refractivity contribution in [1.29, 1.82) is 0 Å². The van der Waals surface area contributed by atoms with Crippen molar-refractivity contribution in [2.75, 3.05) is 0 Å². The van der Waals surface area contributed by atoms with Crippen LogP contribution in [-0.2, 0) is 0 Å². The molecule has 1 unspecified atom stereocenters. The molecule has 0 aliphatic rings. The van der Waals surface area contributed by atoms with E-state index in [2.05, 4.69) is 58.9 Å². The molecule has 0 saturated heterocycles. The summed E-state index contributed by atoms with van der Waals surface area (Å²) in [7, 11) is 0. The number of hydrogen-bond donors (Lipinski definition) is 1. The summed E-state index contributed by atoms with van der Waals surface area (Å²) >= 11 is 0. The highest BCUT2D eigenvalue weighted by atomic mass is 16.3. The van der Waals surface area contributed by atoms with Gasteiger partial charge in [-0.3, -0.25) is 0 Å². The van der Waals surface area contributed by atoms with Crippen molar-refractivity contribution in [3.8, 4) is 0 Å².